The zero-order valence-electron chi connectivity index (χ0n) is 9.82. The predicted molar refractivity (Wildman–Crippen MR) is 76.5 cm³/mol. The maximum Gasteiger partial charge on any atom is 0.120 e. The van der Waals surface area contributed by atoms with Gasteiger partial charge in [0, 0.05) is 10.0 Å². The lowest BCUT2D eigenvalue weighted by Crippen LogP contribution is -1.96. The Morgan fingerprint density at radius 1 is 1.06 bits per heavy atom. The normalized spacial score (nSPS) is 10.2. The monoisotopic (exact) mass is 326 g/mol. The zero-order chi connectivity index (χ0) is 13.0. The highest BCUT2D eigenvalue weighted by Gasteiger charge is 2.03. The van der Waals surface area contributed by atoms with Crippen molar-refractivity contribution in [3.63, 3.8) is 0 Å². The molecule has 0 saturated heterocycles. The molecule has 94 valence electrons. The summed E-state index contributed by atoms with van der Waals surface area (Å²) >= 11 is 9.51. The van der Waals surface area contributed by atoms with E-state index < -0.39 is 0 Å². The molecule has 0 saturated carbocycles. The molecule has 0 fully saturated rings. The quantitative estimate of drug-likeness (QED) is 0.811. The van der Waals surface area contributed by atoms with Crippen LogP contribution in [0.2, 0.25) is 5.02 Å². The number of halogens is 2. The Morgan fingerprint density at radius 2 is 1.72 bits per heavy atom. The molecule has 0 spiro atoms. The van der Waals surface area contributed by atoms with Crippen LogP contribution in [0.25, 0.3) is 0 Å². The summed E-state index contributed by atoms with van der Waals surface area (Å²) in [5.74, 6) is 1.55. The molecule has 2 aromatic carbocycles. The fourth-order valence-electron chi connectivity index (χ4n) is 1.46. The van der Waals surface area contributed by atoms with Crippen LogP contribution in [0.3, 0.4) is 0 Å². The fraction of sp³-hybridized carbons (Fsp3) is 0.143. The molecule has 0 aliphatic carbocycles. The average molecular weight is 328 g/mol. The van der Waals surface area contributed by atoms with Crippen LogP contribution < -0.4 is 9.47 Å². The van der Waals surface area contributed by atoms with Gasteiger partial charge in [0.1, 0.15) is 18.1 Å². The molecule has 0 radical (unpaired) electrons. The minimum atomic E-state index is 0.435. The van der Waals surface area contributed by atoms with Gasteiger partial charge in [0.25, 0.3) is 0 Å². The van der Waals surface area contributed by atoms with E-state index in [2.05, 4.69) is 15.9 Å². The average Bonchev–Trinajstić information content (AvgIpc) is 2.39. The largest absolute Gasteiger partial charge is 0.497 e. The molecule has 0 aromatic heterocycles. The Bertz CT molecular complexity index is 526. The van der Waals surface area contributed by atoms with Gasteiger partial charge in [0.2, 0.25) is 0 Å². The van der Waals surface area contributed by atoms with Gasteiger partial charge in [-0.15, -0.1) is 0 Å². The SMILES string of the molecule is COc1ccc(COc2ccc(Br)cc2)c(Cl)c1. The zero-order valence-corrected chi connectivity index (χ0v) is 12.2. The smallest absolute Gasteiger partial charge is 0.120 e. The molecule has 0 N–H and O–H groups in total. The van der Waals surface area contributed by atoms with Crippen molar-refractivity contribution in [3.8, 4) is 11.5 Å². The summed E-state index contributed by atoms with van der Waals surface area (Å²) in [6.45, 7) is 0.435. The summed E-state index contributed by atoms with van der Waals surface area (Å²) in [6.07, 6.45) is 0. The first-order valence-electron chi connectivity index (χ1n) is 5.40. The van der Waals surface area contributed by atoms with Crippen LogP contribution in [-0.2, 0) is 6.61 Å². The lowest BCUT2D eigenvalue weighted by Gasteiger charge is -2.09. The molecular weight excluding hydrogens is 316 g/mol. The Morgan fingerprint density at radius 3 is 2.33 bits per heavy atom. The third-order valence-corrected chi connectivity index (χ3v) is 3.35. The highest BCUT2D eigenvalue weighted by atomic mass is 79.9. The van der Waals surface area contributed by atoms with Crippen molar-refractivity contribution < 1.29 is 9.47 Å². The van der Waals surface area contributed by atoms with E-state index in [1.807, 2.05) is 36.4 Å². The van der Waals surface area contributed by atoms with Crippen LogP contribution in [0.4, 0.5) is 0 Å². The van der Waals surface area contributed by atoms with Crippen molar-refractivity contribution in [2.24, 2.45) is 0 Å². The van der Waals surface area contributed by atoms with E-state index in [9.17, 15) is 0 Å². The van der Waals surface area contributed by atoms with E-state index in [4.69, 9.17) is 21.1 Å². The number of ether oxygens (including phenoxy) is 2. The van der Waals surface area contributed by atoms with Gasteiger partial charge in [0.05, 0.1) is 12.1 Å². The van der Waals surface area contributed by atoms with Crippen molar-refractivity contribution in [2.75, 3.05) is 7.11 Å². The van der Waals surface area contributed by atoms with Gasteiger partial charge in [-0.3, -0.25) is 0 Å². The summed E-state index contributed by atoms with van der Waals surface area (Å²) < 4.78 is 11.8. The van der Waals surface area contributed by atoms with Crippen molar-refractivity contribution in [1.82, 2.24) is 0 Å². The molecule has 0 unspecified atom stereocenters. The van der Waals surface area contributed by atoms with E-state index in [-0.39, 0.29) is 0 Å². The van der Waals surface area contributed by atoms with Crippen LogP contribution in [0, 0.1) is 0 Å². The van der Waals surface area contributed by atoms with Gasteiger partial charge in [0.15, 0.2) is 0 Å². The molecule has 0 bridgehead atoms. The predicted octanol–water partition coefficient (Wildman–Crippen LogP) is 4.69. The standard InChI is InChI=1S/C14H12BrClO2/c1-17-13-5-2-10(14(16)8-13)9-18-12-6-3-11(15)4-7-12/h2-8H,9H2,1H3. The van der Waals surface area contributed by atoms with Gasteiger partial charge < -0.3 is 9.47 Å². The van der Waals surface area contributed by atoms with Crippen molar-refractivity contribution in [1.29, 1.82) is 0 Å². The molecule has 2 nitrogen and oxygen atoms in total. The number of rotatable bonds is 4. The minimum absolute atomic E-state index is 0.435. The summed E-state index contributed by atoms with van der Waals surface area (Å²) in [7, 11) is 1.61. The van der Waals surface area contributed by atoms with Gasteiger partial charge in [-0.2, -0.15) is 0 Å². The molecule has 0 aliphatic heterocycles. The first-order chi connectivity index (χ1) is 8.69. The molecule has 0 heterocycles. The van der Waals surface area contributed by atoms with Gasteiger partial charge >= 0.3 is 0 Å². The fourth-order valence-corrected chi connectivity index (χ4v) is 1.95. The topological polar surface area (TPSA) is 18.5 Å². The van der Waals surface area contributed by atoms with Gasteiger partial charge in [-0.25, -0.2) is 0 Å². The van der Waals surface area contributed by atoms with E-state index in [0.717, 1.165) is 21.5 Å². The van der Waals surface area contributed by atoms with E-state index in [1.54, 1.807) is 13.2 Å². The van der Waals surface area contributed by atoms with Crippen LogP contribution >= 0.6 is 27.5 Å². The van der Waals surface area contributed by atoms with Crippen molar-refractivity contribution >= 4 is 27.5 Å². The maximum atomic E-state index is 6.13. The highest BCUT2D eigenvalue weighted by Crippen LogP contribution is 2.24. The lowest BCUT2D eigenvalue weighted by molar-refractivity contribution is 0.306. The van der Waals surface area contributed by atoms with Crippen LogP contribution in [0.1, 0.15) is 5.56 Å². The highest BCUT2D eigenvalue weighted by molar-refractivity contribution is 9.10. The summed E-state index contributed by atoms with van der Waals surface area (Å²) in [6, 6.07) is 13.2. The number of hydrogen-bond acceptors (Lipinski definition) is 2. The molecule has 2 rings (SSSR count). The number of methoxy groups -OCH3 is 1. The van der Waals surface area contributed by atoms with Gasteiger partial charge in [-0.1, -0.05) is 33.6 Å². The summed E-state index contributed by atoms with van der Waals surface area (Å²) in [5, 5.41) is 0.645. The van der Waals surface area contributed by atoms with Crippen LogP contribution in [0.15, 0.2) is 46.9 Å². The maximum absolute atomic E-state index is 6.13. The molecule has 0 atom stereocenters. The summed E-state index contributed by atoms with van der Waals surface area (Å²) in [4.78, 5) is 0. The molecule has 0 aliphatic rings. The Balaban J connectivity index is 2.04. The minimum Gasteiger partial charge on any atom is -0.497 e. The van der Waals surface area contributed by atoms with Crippen molar-refractivity contribution in [2.45, 2.75) is 6.61 Å². The number of hydrogen-bond donors (Lipinski definition) is 0. The number of benzene rings is 2. The first-order valence-corrected chi connectivity index (χ1v) is 6.57. The molecular formula is C14H12BrClO2. The van der Waals surface area contributed by atoms with E-state index in [0.29, 0.717) is 11.6 Å². The second kappa shape index (κ2) is 6.12. The second-order valence-corrected chi connectivity index (χ2v) is 5.02. The van der Waals surface area contributed by atoms with Crippen LogP contribution in [0.5, 0.6) is 11.5 Å². The molecule has 0 amide bonds. The van der Waals surface area contributed by atoms with E-state index in [1.165, 1.54) is 0 Å². The van der Waals surface area contributed by atoms with E-state index >= 15 is 0 Å². The Hall–Kier alpha value is -1.19. The molecule has 4 heteroatoms. The lowest BCUT2D eigenvalue weighted by atomic mass is 10.2. The molecule has 18 heavy (non-hydrogen) atoms. The molecule has 2 aromatic rings. The van der Waals surface area contributed by atoms with Gasteiger partial charge in [-0.05, 0) is 36.4 Å². The Kier molecular flexibility index (Phi) is 4.50. The van der Waals surface area contributed by atoms with Crippen molar-refractivity contribution in [3.05, 3.63) is 57.5 Å². The second-order valence-electron chi connectivity index (χ2n) is 3.70. The Labute approximate surface area is 120 Å². The summed E-state index contributed by atoms with van der Waals surface area (Å²) in [5.41, 5.74) is 0.931. The van der Waals surface area contributed by atoms with Crippen LogP contribution in [-0.4, -0.2) is 7.11 Å². The first kappa shape index (κ1) is 13.2. The third-order valence-electron chi connectivity index (χ3n) is 2.47. The third kappa shape index (κ3) is 3.40.